The summed E-state index contributed by atoms with van der Waals surface area (Å²) in [7, 11) is 0. The number of aryl methyl sites for hydroxylation is 1. The van der Waals surface area contributed by atoms with Crippen LogP contribution in [0.15, 0.2) is 144 Å². The van der Waals surface area contributed by atoms with E-state index in [4.69, 9.17) is 4.42 Å². The van der Waals surface area contributed by atoms with Gasteiger partial charge >= 0.3 is 0 Å². The van der Waals surface area contributed by atoms with Crippen molar-refractivity contribution in [3.63, 3.8) is 0 Å². The highest BCUT2D eigenvalue weighted by Gasteiger charge is 2.18. The quantitative estimate of drug-likeness (QED) is 0.165. The molecule has 0 aliphatic rings. The summed E-state index contributed by atoms with van der Waals surface area (Å²) in [6.07, 6.45) is 5.66. The van der Waals surface area contributed by atoms with Gasteiger partial charge in [0.15, 0.2) is 0 Å². The molecule has 7 aromatic rings. The summed E-state index contributed by atoms with van der Waals surface area (Å²) in [4.78, 5) is 0. The predicted molar refractivity (Wildman–Crippen MR) is 172 cm³/mol. The molecule has 0 atom stereocenters. The van der Waals surface area contributed by atoms with Crippen LogP contribution in [-0.4, -0.2) is 0 Å². The Morgan fingerprint density at radius 2 is 1.02 bits per heavy atom. The highest BCUT2D eigenvalue weighted by molar-refractivity contribution is 6.21. The molecule has 0 N–H and O–H groups in total. The number of benzene rings is 6. The molecular formula is C39H28O. The van der Waals surface area contributed by atoms with Crippen molar-refractivity contribution in [2.24, 2.45) is 0 Å². The van der Waals surface area contributed by atoms with Crippen LogP contribution in [0.2, 0.25) is 0 Å². The highest BCUT2D eigenvalue weighted by atomic mass is 16.3. The minimum Gasteiger partial charge on any atom is -0.456 e. The maximum atomic E-state index is 6.15. The van der Waals surface area contributed by atoms with Gasteiger partial charge in [0.2, 0.25) is 0 Å². The van der Waals surface area contributed by atoms with Crippen molar-refractivity contribution >= 4 is 38.6 Å². The summed E-state index contributed by atoms with van der Waals surface area (Å²) >= 11 is 0. The normalized spacial score (nSPS) is 11.6. The molecule has 190 valence electrons. The van der Waals surface area contributed by atoms with Gasteiger partial charge in [-0.3, -0.25) is 0 Å². The van der Waals surface area contributed by atoms with Gasteiger partial charge in [-0.05, 0) is 80.1 Å². The Balaban J connectivity index is 1.47. The second-order valence-electron chi connectivity index (χ2n) is 10.2. The van der Waals surface area contributed by atoms with Crippen molar-refractivity contribution in [2.75, 3.05) is 0 Å². The van der Waals surface area contributed by atoms with Crippen LogP contribution in [0.5, 0.6) is 0 Å². The smallest absolute Gasteiger partial charge is 0.135 e. The first-order valence-electron chi connectivity index (χ1n) is 13.6. The molecule has 1 aromatic heterocycles. The van der Waals surface area contributed by atoms with E-state index in [2.05, 4.69) is 135 Å². The predicted octanol–water partition coefficient (Wildman–Crippen LogP) is 11.2. The van der Waals surface area contributed by atoms with E-state index < -0.39 is 0 Å². The number of hydrogen-bond acceptors (Lipinski definition) is 1. The first kappa shape index (κ1) is 23.9. The SMILES string of the molecule is C=C/C=C\c1oc2ccc(-c3c4ccccc4c(-c4ccc(-c5ccccc5)cc4)c4ccccc34)cc2c1C. The second kappa shape index (κ2) is 9.87. The summed E-state index contributed by atoms with van der Waals surface area (Å²) in [5.74, 6) is 0.871. The first-order valence-corrected chi connectivity index (χ1v) is 13.6. The second-order valence-corrected chi connectivity index (χ2v) is 10.2. The molecule has 0 aliphatic heterocycles. The van der Waals surface area contributed by atoms with Crippen molar-refractivity contribution in [1.82, 2.24) is 0 Å². The molecule has 7 rings (SSSR count). The van der Waals surface area contributed by atoms with E-state index >= 15 is 0 Å². The lowest BCUT2D eigenvalue weighted by atomic mass is 9.85. The van der Waals surface area contributed by atoms with Gasteiger partial charge in [-0.25, -0.2) is 0 Å². The van der Waals surface area contributed by atoms with E-state index in [1.165, 1.54) is 54.9 Å². The topological polar surface area (TPSA) is 13.1 Å². The third-order valence-electron chi connectivity index (χ3n) is 7.86. The average Bonchev–Trinajstić information content (AvgIpc) is 3.33. The number of fused-ring (bicyclic) bond motifs is 3. The molecule has 0 spiro atoms. The van der Waals surface area contributed by atoms with Crippen molar-refractivity contribution in [2.45, 2.75) is 6.92 Å². The molecule has 40 heavy (non-hydrogen) atoms. The zero-order valence-corrected chi connectivity index (χ0v) is 22.4. The standard InChI is InChI=1S/C39H28O/c1-3-4-18-36-26(2)35-25-30(23-24-37(35)40-36)39-33-16-10-8-14-31(33)38(32-15-9-11-17-34(32)39)29-21-19-28(20-22-29)27-12-6-5-7-13-27/h3-25H,1H2,2H3/b18-4-. The van der Waals surface area contributed by atoms with Gasteiger partial charge in [0.05, 0.1) is 0 Å². The van der Waals surface area contributed by atoms with Gasteiger partial charge in [-0.15, -0.1) is 0 Å². The largest absolute Gasteiger partial charge is 0.456 e. The van der Waals surface area contributed by atoms with Gasteiger partial charge in [0, 0.05) is 10.9 Å². The fraction of sp³-hybridized carbons (Fsp3) is 0.0256. The lowest BCUT2D eigenvalue weighted by Gasteiger charge is -2.18. The number of hydrogen-bond donors (Lipinski definition) is 0. The van der Waals surface area contributed by atoms with E-state index in [1.54, 1.807) is 6.08 Å². The third-order valence-corrected chi connectivity index (χ3v) is 7.86. The maximum absolute atomic E-state index is 6.15. The Hall–Kier alpha value is -5.14. The third kappa shape index (κ3) is 3.95. The van der Waals surface area contributed by atoms with Crippen LogP contribution in [0.4, 0.5) is 0 Å². The summed E-state index contributed by atoms with van der Waals surface area (Å²) in [5, 5.41) is 6.13. The van der Waals surface area contributed by atoms with Crippen LogP contribution in [0.3, 0.4) is 0 Å². The Bertz CT molecular complexity index is 2000. The van der Waals surface area contributed by atoms with E-state index in [-0.39, 0.29) is 0 Å². The van der Waals surface area contributed by atoms with Gasteiger partial charge in [0.1, 0.15) is 11.3 Å². The van der Waals surface area contributed by atoms with E-state index in [1.807, 2.05) is 12.2 Å². The van der Waals surface area contributed by atoms with Crippen molar-refractivity contribution in [1.29, 1.82) is 0 Å². The first-order chi connectivity index (χ1) is 19.7. The molecule has 0 radical (unpaired) electrons. The van der Waals surface area contributed by atoms with E-state index in [0.29, 0.717) is 0 Å². The number of furan rings is 1. The van der Waals surface area contributed by atoms with Crippen LogP contribution in [0, 0.1) is 6.92 Å². The maximum Gasteiger partial charge on any atom is 0.135 e. The molecule has 6 aromatic carbocycles. The minimum absolute atomic E-state index is 0.871. The summed E-state index contributed by atoms with van der Waals surface area (Å²) in [5.41, 5.74) is 9.42. The highest BCUT2D eigenvalue weighted by Crippen LogP contribution is 2.44. The van der Waals surface area contributed by atoms with Gasteiger partial charge in [-0.1, -0.05) is 128 Å². The van der Waals surface area contributed by atoms with Gasteiger partial charge in [-0.2, -0.15) is 0 Å². The molecule has 0 saturated carbocycles. The van der Waals surface area contributed by atoms with E-state index in [0.717, 1.165) is 22.3 Å². The van der Waals surface area contributed by atoms with Crippen molar-refractivity contribution < 1.29 is 4.42 Å². The Morgan fingerprint density at radius 1 is 0.525 bits per heavy atom. The van der Waals surface area contributed by atoms with Crippen LogP contribution in [0.25, 0.3) is 72.0 Å². The molecule has 0 bridgehead atoms. The Morgan fingerprint density at radius 3 is 1.62 bits per heavy atom. The van der Waals surface area contributed by atoms with Crippen LogP contribution >= 0.6 is 0 Å². The summed E-state index contributed by atoms with van der Waals surface area (Å²) in [6, 6.07) is 43.7. The van der Waals surface area contributed by atoms with Crippen molar-refractivity contribution in [3.8, 4) is 33.4 Å². The molecular weight excluding hydrogens is 484 g/mol. The van der Waals surface area contributed by atoms with Gasteiger partial charge < -0.3 is 4.42 Å². The molecule has 0 unspecified atom stereocenters. The fourth-order valence-electron chi connectivity index (χ4n) is 5.92. The molecule has 1 heteroatoms. The lowest BCUT2D eigenvalue weighted by Crippen LogP contribution is -1.91. The van der Waals surface area contributed by atoms with Gasteiger partial charge in [0.25, 0.3) is 0 Å². The monoisotopic (exact) mass is 512 g/mol. The molecule has 0 amide bonds. The molecule has 1 nitrogen and oxygen atoms in total. The minimum atomic E-state index is 0.871. The summed E-state index contributed by atoms with van der Waals surface area (Å²) < 4.78 is 6.15. The molecule has 1 heterocycles. The zero-order valence-electron chi connectivity index (χ0n) is 22.4. The Labute approximate surface area is 234 Å². The molecule has 0 fully saturated rings. The molecule has 0 saturated heterocycles. The Kier molecular flexibility index (Phi) is 5.91. The average molecular weight is 513 g/mol. The van der Waals surface area contributed by atoms with E-state index in [9.17, 15) is 0 Å². The summed E-state index contributed by atoms with van der Waals surface area (Å²) in [6.45, 7) is 5.91. The lowest BCUT2D eigenvalue weighted by molar-refractivity contribution is 0.601. The number of rotatable bonds is 5. The van der Waals surface area contributed by atoms with Crippen LogP contribution in [0.1, 0.15) is 11.3 Å². The van der Waals surface area contributed by atoms with Crippen LogP contribution in [-0.2, 0) is 0 Å². The number of allylic oxidation sites excluding steroid dienone is 2. The fourth-order valence-corrected chi connectivity index (χ4v) is 5.92. The van der Waals surface area contributed by atoms with Crippen LogP contribution < -0.4 is 0 Å². The van der Waals surface area contributed by atoms with Crippen molar-refractivity contribution in [3.05, 3.63) is 151 Å². The zero-order chi connectivity index (χ0) is 27.1. The molecule has 0 aliphatic carbocycles.